The number of anilines is 2. The number of nitrogens with zero attached hydrogens (tertiary/aromatic N) is 3. The van der Waals surface area contributed by atoms with Gasteiger partial charge in [0.15, 0.2) is 17.4 Å². The van der Waals surface area contributed by atoms with Crippen molar-refractivity contribution in [1.29, 1.82) is 0 Å². The molecule has 1 heterocycles. The normalized spacial score (nSPS) is 10.9. The summed E-state index contributed by atoms with van der Waals surface area (Å²) in [5.41, 5.74) is 5.04. The van der Waals surface area contributed by atoms with Crippen LogP contribution < -0.4 is 5.32 Å². The van der Waals surface area contributed by atoms with Crippen molar-refractivity contribution in [3.05, 3.63) is 100 Å². The zero-order valence-electron chi connectivity index (χ0n) is 18.1. The van der Waals surface area contributed by atoms with Crippen LogP contribution >= 0.6 is 0 Å². The Balaban J connectivity index is 1.60. The summed E-state index contributed by atoms with van der Waals surface area (Å²) >= 11 is 0. The molecule has 33 heavy (non-hydrogen) atoms. The fourth-order valence-electron chi connectivity index (χ4n) is 3.53. The quantitative estimate of drug-likeness (QED) is 0.402. The monoisotopic (exact) mass is 448 g/mol. The van der Waals surface area contributed by atoms with E-state index in [1.165, 1.54) is 6.07 Å². The van der Waals surface area contributed by atoms with Crippen molar-refractivity contribution in [2.75, 3.05) is 11.9 Å². The van der Waals surface area contributed by atoms with E-state index in [1.54, 1.807) is 35.1 Å². The first-order valence-electron chi connectivity index (χ1n) is 10.4. The molecule has 0 atom stereocenters. The number of ketones is 1. The van der Waals surface area contributed by atoms with Gasteiger partial charge in [-0.25, -0.2) is 13.5 Å². The third kappa shape index (κ3) is 4.80. The van der Waals surface area contributed by atoms with Crippen molar-refractivity contribution < 1.29 is 18.7 Å². The van der Waals surface area contributed by atoms with Crippen molar-refractivity contribution in [3.63, 3.8) is 0 Å². The van der Waals surface area contributed by atoms with Gasteiger partial charge >= 0.3 is 0 Å². The van der Waals surface area contributed by atoms with Crippen LogP contribution in [0.15, 0.2) is 60.8 Å². The van der Waals surface area contributed by atoms with E-state index in [9.17, 15) is 13.6 Å². The second kappa shape index (κ2) is 9.30. The first-order valence-corrected chi connectivity index (χ1v) is 10.4. The van der Waals surface area contributed by atoms with E-state index in [-0.39, 0.29) is 12.4 Å². The lowest BCUT2D eigenvalue weighted by Gasteiger charge is -2.12. The molecule has 0 spiro atoms. The molecule has 0 fully saturated rings. The van der Waals surface area contributed by atoms with Gasteiger partial charge in [0.25, 0.3) is 0 Å². The van der Waals surface area contributed by atoms with Crippen molar-refractivity contribution in [3.8, 4) is 5.69 Å². The average Bonchev–Trinajstić information content (AvgIpc) is 3.25. The molecule has 0 saturated heterocycles. The van der Waals surface area contributed by atoms with Gasteiger partial charge in [0, 0.05) is 41.6 Å². The second-order valence-electron chi connectivity index (χ2n) is 7.74. The van der Waals surface area contributed by atoms with Gasteiger partial charge < -0.3 is 10.4 Å². The third-order valence-corrected chi connectivity index (χ3v) is 5.32. The van der Waals surface area contributed by atoms with Crippen LogP contribution in [0.4, 0.5) is 20.2 Å². The summed E-state index contributed by atoms with van der Waals surface area (Å²) in [6.45, 7) is 3.67. The highest BCUT2D eigenvalue weighted by atomic mass is 19.2. The highest BCUT2D eigenvalue weighted by Crippen LogP contribution is 2.25. The molecule has 0 aliphatic rings. The predicted octanol–water partition coefficient (Wildman–Crippen LogP) is 4.67. The Labute approximate surface area is 189 Å². The van der Waals surface area contributed by atoms with Crippen molar-refractivity contribution in [1.82, 2.24) is 15.0 Å². The van der Waals surface area contributed by atoms with Gasteiger partial charge in [0.05, 0.1) is 17.6 Å². The van der Waals surface area contributed by atoms with Gasteiger partial charge in [-0.2, -0.15) is 0 Å². The molecular formula is C25H22F2N4O2. The molecule has 6 nitrogen and oxygen atoms in total. The van der Waals surface area contributed by atoms with Crippen LogP contribution in [0.2, 0.25) is 0 Å². The minimum atomic E-state index is -0.935. The average molecular weight is 448 g/mol. The number of aliphatic hydroxyl groups excluding tert-OH is 1. The number of aromatic nitrogens is 3. The number of halogens is 2. The molecule has 8 heteroatoms. The van der Waals surface area contributed by atoms with Crippen LogP contribution in [0.5, 0.6) is 0 Å². The highest BCUT2D eigenvalue weighted by Gasteiger charge is 2.16. The summed E-state index contributed by atoms with van der Waals surface area (Å²) in [4.78, 5) is 13.3. The molecule has 0 bridgehead atoms. The number of nitrogens with one attached hydrogen (secondary N) is 1. The Morgan fingerprint density at radius 2 is 1.70 bits per heavy atom. The Kier molecular flexibility index (Phi) is 6.28. The van der Waals surface area contributed by atoms with Crippen molar-refractivity contribution >= 4 is 17.2 Å². The number of carbonyl (C=O) groups is 1. The fraction of sp³-hybridized carbons (Fsp3) is 0.160. The minimum absolute atomic E-state index is 0.0173. The Morgan fingerprint density at radius 1 is 0.939 bits per heavy atom. The first kappa shape index (κ1) is 22.3. The summed E-state index contributed by atoms with van der Waals surface area (Å²) in [6.07, 6.45) is 2.13. The van der Waals surface area contributed by atoms with E-state index in [0.29, 0.717) is 40.3 Å². The molecule has 4 aromatic rings. The highest BCUT2D eigenvalue weighted by molar-refractivity contribution is 6.11. The zero-order chi connectivity index (χ0) is 23.5. The van der Waals surface area contributed by atoms with Crippen LogP contribution in [0.25, 0.3) is 5.69 Å². The van der Waals surface area contributed by atoms with Crippen molar-refractivity contribution in [2.45, 2.75) is 20.3 Å². The van der Waals surface area contributed by atoms with Crippen LogP contribution in [-0.4, -0.2) is 32.5 Å². The molecule has 0 unspecified atom stereocenters. The summed E-state index contributed by atoms with van der Waals surface area (Å²) in [5.74, 6) is -1.98. The summed E-state index contributed by atoms with van der Waals surface area (Å²) in [5, 5.41) is 20.2. The maximum Gasteiger partial charge on any atom is 0.193 e. The summed E-state index contributed by atoms with van der Waals surface area (Å²) in [7, 11) is 0. The van der Waals surface area contributed by atoms with Crippen LogP contribution in [0.1, 0.15) is 32.7 Å². The Bertz CT molecular complexity index is 1330. The van der Waals surface area contributed by atoms with Crippen LogP contribution in [-0.2, 0) is 6.42 Å². The van der Waals surface area contributed by atoms with Gasteiger partial charge in [0.2, 0.25) is 0 Å². The molecule has 1 aromatic heterocycles. The molecule has 0 aliphatic carbocycles. The molecule has 0 saturated carbocycles. The maximum atomic E-state index is 13.5. The zero-order valence-corrected chi connectivity index (χ0v) is 18.1. The van der Waals surface area contributed by atoms with Gasteiger partial charge in [-0.1, -0.05) is 11.3 Å². The Hall–Kier alpha value is -3.91. The summed E-state index contributed by atoms with van der Waals surface area (Å²) < 4.78 is 28.2. The molecule has 2 N–H and O–H groups in total. The number of aryl methyl sites for hydroxylation is 2. The lowest BCUT2D eigenvalue weighted by molar-refractivity contribution is 0.103. The molecule has 4 rings (SSSR count). The standard InChI is InChI=1S/C25H22F2N4O2/c1-15-3-6-20(31-14-19(9-10-32)29-30-31)13-22(15)25(33)21-7-4-17(11-16(21)2)28-18-5-8-23(26)24(27)12-18/h3-8,11-14,28,32H,9-10H2,1-2H3. The van der Waals surface area contributed by atoms with Gasteiger partial charge in [-0.05, 0) is 67.4 Å². The number of benzene rings is 3. The number of carbonyl (C=O) groups excluding carboxylic acids is 1. The van der Waals surface area contributed by atoms with E-state index >= 15 is 0 Å². The first-order chi connectivity index (χ1) is 15.9. The topological polar surface area (TPSA) is 80.0 Å². The van der Waals surface area contributed by atoms with Crippen LogP contribution in [0, 0.1) is 25.5 Å². The minimum Gasteiger partial charge on any atom is -0.396 e. The van der Waals surface area contributed by atoms with E-state index in [1.807, 2.05) is 26.0 Å². The maximum absolute atomic E-state index is 13.5. The third-order valence-electron chi connectivity index (χ3n) is 5.32. The van der Waals surface area contributed by atoms with E-state index in [2.05, 4.69) is 15.6 Å². The predicted molar refractivity (Wildman–Crippen MR) is 121 cm³/mol. The smallest absolute Gasteiger partial charge is 0.193 e. The SMILES string of the molecule is Cc1cc(Nc2ccc(F)c(F)c2)ccc1C(=O)c1cc(-n2cc(CCO)nn2)ccc1C. The number of hydrogen-bond acceptors (Lipinski definition) is 5. The Morgan fingerprint density at radius 3 is 2.42 bits per heavy atom. The lowest BCUT2D eigenvalue weighted by Crippen LogP contribution is -2.08. The molecule has 168 valence electrons. The van der Waals surface area contributed by atoms with Gasteiger partial charge in [0.1, 0.15) is 0 Å². The number of aliphatic hydroxyl groups is 1. The molecule has 3 aromatic carbocycles. The molecular weight excluding hydrogens is 426 g/mol. The van der Waals surface area contributed by atoms with Gasteiger partial charge in [-0.3, -0.25) is 4.79 Å². The van der Waals surface area contributed by atoms with Crippen molar-refractivity contribution in [2.24, 2.45) is 0 Å². The second-order valence-corrected chi connectivity index (χ2v) is 7.74. The van der Waals surface area contributed by atoms with Crippen LogP contribution in [0.3, 0.4) is 0 Å². The number of hydrogen-bond donors (Lipinski definition) is 2. The van der Waals surface area contributed by atoms with E-state index in [0.717, 1.165) is 23.3 Å². The molecule has 0 radical (unpaired) electrons. The molecule has 0 aliphatic heterocycles. The summed E-state index contributed by atoms with van der Waals surface area (Å²) in [6, 6.07) is 14.3. The van der Waals surface area contributed by atoms with Gasteiger partial charge in [-0.15, -0.1) is 5.10 Å². The van der Waals surface area contributed by atoms with E-state index in [4.69, 9.17) is 5.11 Å². The van der Waals surface area contributed by atoms with E-state index < -0.39 is 11.6 Å². The lowest BCUT2D eigenvalue weighted by atomic mass is 9.95. The number of rotatable bonds is 7. The molecule has 0 amide bonds. The largest absolute Gasteiger partial charge is 0.396 e. The fourth-order valence-corrected chi connectivity index (χ4v) is 3.53.